The van der Waals surface area contributed by atoms with Crippen LogP contribution in [0, 0.1) is 13.8 Å². The van der Waals surface area contributed by atoms with Crippen molar-refractivity contribution in [1.29, 1.82) is 0 Å². The fraction of sp³-hybridized carbons (Fsp3) is 0.412. The number of aryl methyl sites for hydroxylation is 2. The van der Waals surface area contributed by atoms with Crippen LogP contribution < -0.4 is 5.73 Å². The third-order valence-electron chi connectivity index (χ3n) is 4.38. The van der Waals surface area contributed by atoms with E-state index in [0.29, 0.717) is 6.54 Å². The van der Waals surface area contributed by atoms with Gasteiger partial charge in [0.05, 0.1) is 5.69 Å². The van der Waals surface area contributed by atoms with Crippen LogP contribution in [0.5, 0.6) is 0 Å². The molecule has 0 saturated heterocycles. The maximum atomic E-state index is 5.98. The monoisotopic (exact) mass is 267 g/mol. The summed E-state index contributed by atoms with van der Waals surface area (Å²) < 4.78 is 0. The van der Waals surface area contributed by atoms with Crippen LogP contribution in [0.1, 0.15) is 36.3 Å². The second-order valence-electron chi connectivity index (χ2n) is 5.92. The van der Waals surface area contributed by atoms with Crippen LogP contribution in [0.3, 0.4) is 0 Å². The van der Waals surface area contributed by atoms with Crippen LogP contribution in [-0.2, 0) is 5.41 Å². The zero-order valence-electron chi connectivity index (χ0n) is 12.2. The Hall–Kier alpha value is -1.74. The van der Waals surface area contributed by atoms with Gasteiger partial charge in [0.15, 0.2) is 0 Å². The average Bonchev–Trinajstić information content (AvgIpc) is 2.38. The van der Waals surface area contributed by atoms with Crippen molar-refractivity contribution in [3.63, 3.8) is 0 Å². The predicted octanol–water partition coefficient (Wildman–Crippen LogP) is 3.14. The van der Waals surface area contributed by atoms with Gasteiger partial charge in [0.2, 0.25) is 0 Å². The van der Waals surface area contributed by atoms with Gasteiger partial charge in [0.1, 0.15) is 5.82 Å². The van der Waals surface area contributed by atoms with E-state index in [9.17, 15) is 0 Å². The van der Waals surface area contributed by atoms with Crippen LogP contribution in [0.2, 0.25) is 0 Å². The molecule has 1 saturated carbocycles. The maximum absolute atomic E-state index is 5.98. The molecule has 0 unspecified atom stereocenters. The van der Waals surface area contributed by atoms with Gasteiger partial charge in [-0.25, -0.2) is 9.97 Å². The summed E-state index contributed by atoms with van der Waals surface area (Å²) in [4.78, 5) is 9.46. The maximum Gasteiger partial charge on any atom is 0.136 e. The molecule has 1 aromatic carbocycles. The highest BCUT2D eigenvalue weighted by molar-refractivity contribution is 5.60. The van der Waals surface area contributed by atoms with Gasteiger partial charge >= 0.3 is 0 Å². The van der Waals surface area contributed by atoms with E-state index in [-0.39, 0.29) is 5.41 Å². The van der Waals surface area contributed by atoms with E-state index in [1.54, 1.807) is 0 Å². The Morgan fingerprint density at radius 3 is 2.35 bits per heavy atom. The first-order valence-electron chi connectivity index (χ1n) is 7.26. The van der Waals surface area contributed by atoms with Crippen LogP contribution in [0.15, 0.2) is 30.3 Å². The number of hydrogen-bond acceptors (Lipinski definition) is 3. The van der Waals surface area contributed by atoms with E-state index in [0.717, 1.165) is 35.6 Å². The Kier molecular flexibility index (Phi) is 3.30. The lowest BCUT2D eigenvalue weighted by atomic mass is 9.68. The van der Waals surface area contributed by atoms with Gasteiger partial charge in [0.25, 0.3) is 0 Å². The first-order chi connectivity index (χ1) is 9.63. The number of aromatic nitrogens is 2. The summed E-state index contributed by atoms with van der Waals surface area (Å²) in [5.74, 6) is 0.932. The quantitative estimate of drug-likeness (QED) is 0.929. The fourth-order valence-corrected chi connectivity index (χ4v) is 2.80. The largest absolute Gasteiger partial charge is 0.329 e. The second-order valence-corrected chi connectivity index (χ2v) is 5.92. The van der Waals surface area contributed by atoms with Crippen molar-refractivity contribution in [2.75, 3.05) is 6.54 Å². The Balaban J connectivity index is 2.04. The van der Waals surface area contributed by atoms with Crippen molar-refractivity contribution in [2.24, 2.45) is 5.73 Å². The van der Waals surface area contributed by atoms with E-state index >= 15 is 0 Å². The van der Waals surface area contributed by atoms with E-state index < -0.39 is 0 Å². The van der Waals surface area contributed by atoms with Gasteiger partial charge in [-0.15, -0.1) is 0 Å². The van der Waals surface area contributed by atoms with Crippen LogP contribution in [0.25, 0.3) is 11.3 Å². The fourth-order valence-electron chi connectivity index (χ4n) is 2.80. The molecule has 3 rings (SSSR count). The molecule has 3 nitrogen and oxygen atoms in total. The number of hydrogen-bond donors (Lipinski definition) is 1. The zero-order valence-corrected chi connectivity index (χ0v) is 12.2. The lowest BCUT2D eigenvalue weighted by Crippen LogP contribution is -2.43. The van der Waals surface area contributed by atoms with Crippen LogP contribution >= 0.6 is 0 Å². The molecule has 0 atom stereocenters. The van der Waals surface area contributed by atoms with E-state index in [2.05, 4.69) is 42.2 Å². The predicted molar refractivity (Wildman–Crippen MR) is 81.5 cm³/mol. The Morgan fingerprint density at radius 2 is 1.80 bits per heavy atom. The van der Waals surface area contributed by atoms with E-state index in [1.807, 2.05) is 6.92 Å². The number of nitrogens with two attached hydrogens (primary N) is 1. The lowest BCUT2D eigenvalue weighted by Gasteiger charge is -2.39. The van der Waals surface area contributed by atoms with Crippen molar-refractivity contribution in [3.05, 3.63) is 47.4 Å². The lowest BCUT2D eigenvalue weighted by molar-refractivity contribution is 0.238. The highest BCUT2D eigenvalue weighted by Crippen LogP contribution is 2.41. The minimum Gasteiger partial charge on any atom is -0.329 e. The molecule has 1 aliphatic rings. The first kappa shape index (κ1) is 13.3. The number of rotatable bonds is 3. The SMILES string of the molecule is Cc1ccc(-c2cc(C)nc(C3(CN)CCC3)n2)cc1. The third kappa shape index (κ3) is 2.22. The molecule has 20 heavy (non-hydrogen) atoms. The summed E-state index contributed by atoms with van der Waals surface area (Å²) in [6.07, 6.45) is 3.45. The summed E-state index contributed by atoms with van der Waals surface area (Å²) in [7, 11) is 0. The van der Waals surface area contributed by atoms with Crippen LogP contribution in [-0.4, -0.2) is 16.5 Å². The van der Waals surface area contributed by atoms with Crippen molar-refractivity contribution in [3.8, 4) is 11.3 Å². The standard InChI is InChI=1S/C17H21N3/c1-12-4-6-14(7-5-12)15-10-13(2)19-16(20-15)17(11-18)8-3-9-17/h4-7,10H,3,8-9,11,18H2,1-2H3. The summed E-state index contributed by atoms with van der Waals surface area (Å²) >= 11 is 0. The van der Waals surface area contributed by atoms with Crippen molar-refractivity contribution >= 4 is 0 Å². The normalized spacial score (nSPS) is 16.8. The van der Waals surface area contributed by atoms with Crippen molar-refractivity contribution in [2.45, 2.75) is 38.5 Å². The minimum absolute atomic E-state index is 0.0193. The summed E-state index contributed by atoms with van der Waals surface area (Å²) in [5.41, 5.74) is 10.4. The Morgan fingerprint density at radius 1 is 1.10 bits per heavy atom. The molecule has 2 N–H and O–H groups in total. The molecule has 1 fully saturated rings. The highest BCUT2D eigenvalue weighted by Gasteiger charge is 2.40. The topological polar surface area (TPSA) is 51.8 Å². The molecule has 1 heterocycles. The Bertz CT molecular complexity index is 607. The molecule has 0 spiro atoms. The molecular formula is C17H21N3. The van der Waals surface area contributed by atoms with Gasteiger partial charge in [-0.1, -0.05) is 36.2 Å². The van der Waals surface area contributed by atoms with E-state index in [4.69, 9.17) is 10.7 Å². The molecule has 1 aromatic heterocycles. The zero-order chi connectivity index (χ0) is 14.2. The smallest absolute Gasteiger partial charge is 0.136 e. The third-order valence-corrected chi connectivity index (χ3v) is 4.38. The van der Waals surface area contributed by atoms with Gasteiger partial charge in [-0.05, 0) is 32.8 Å². The summed E-state index contributed by atoms with van der Waals surface area (Å²) in [5, 5.41) is 0. The highest BCUT2D eigenvalue weighted by atomic mass is 14.9. The summed E-state index contributed by atoms with van der Waals surface area (Å²) in [6, 6.07) is 10.5. The molecule has 104 valence electrons. The molecular weight excluding hydrogens is 246 g/mol. The first-order valence-corrected chi connectivity index (χ1v) is 7.26. The molecule has 0 bridgehead atoms. The Labute approximate surface area is 120 Å². The van der Waals surface area contributed by atoms with Gasteiger partial charge < -0.3 is 5.73 Å². The second kappa shape index (κ2) is 4.98. The van der Waals surface area contributed by atoms with Gasteiger partial charge in [0, 0.05) is 23.2 Å². The molecule has 3 heteroatoms. The molecule has 2 aromatic rings. The summed E-state index contributed by atoms with van der Waals surface area (Å²) in [6.45, 7) is 4.77. The molecule has 1 aliphatic carbocycles. The number of nitrogens with zero attached hydrogens (tertiary/aromatic N) is 2. The molecule has 0 radical (unpaired) electrons. The van der Waals surface area contributed by atoms with Gasteiger partial charge in [-0.3, -0.25) is 0 Å². The average molecular weight is 267 g/mol. The van der Waals surface area contributed by atoms with Crippen molar-refractivity contribution in [1.82, 2.24) is 9.97 Å². The van der Waals surface area contributed by atoms with Crippen LogP contribution in [0.4, 0.5) is 0 Å². The molecule has 0 amide bonds. The van der Waals surface area contributed by atoms with Gasteiger partial charge in [-0.2, -0.15) is 0 Å². The molecule has 0 aliphatic heterocycles. The van der Waals surface area contributed by atoms with Crippen molar-refractivity contribution < 1.29 is 0 Å². The van der Waals surface area contributed by atoms with E-state index in [1.165, 1.54) is 12.0 Å². The number of benzene rings is 1. The minimum atomic E-state index is 0.0193.